The predicted molar refractivity (Wildman–Crippen MR) is 150 cm³/mol. The summed E-state index contributed by atoms with van der Waals surface area (Å²) in [5.74, 6) is 2.46. The smallest absolute Gasteiger partial charge is 0.130 e. The van der Waals surface area contributed by atoms with Crippen LogP contribution < -0.4 is 14.2 Å². The molecular formula is C32H36FNO5. The fourth-order valence-corrected chi connectivity index (χ4v) is 5.27. The summed E-state index contributed by atoms with van der Waals surface area (Å²) < 4.78 is 35.7. The molecule has 1 fully saturated rings. The molecular weight excluding hydrogens is 497 g/mol. The van der Waals surface area contributed by atoms with Crippen LogP contribution in [0, 0.1) is 0 Å². The Bertz CT molecular complexity index is 1260. The molecule has 5 rings (SSSR count). The molecule has 0 unspecified atom stereocenters. The number of aromatic hydroxyl groups is 1. The quantitative estimate of drug-likeness (QED) is 0.307. The third-order valence-electron chi connectivity index (χ3n) is 7.19. The van der Waals surface area contributed by atoms with Gasteiger partial charge in [-0.15, -0.1) is 0 Å². The van der Waals surface area contributed by atoms with Crippen LogP contribution in [0.5, 0.6) is 23.0 Å². The second-order valence-electron chi connectivity index (χ2n) is 9.89. The Hall–Kier alpha value is -3.55. The molecule has 0 spiro atoms. The van der Waals surface area contributed by atoms with Crippen LogP contribution in [-0.4, -0.2) is 69.3 Å². The van der Waals surface area contributed by atoms with Crippen LogP contribution in [0.1, 0.15) is 36.0 Å². The standard InChI is InChI=1S/C32H36FNO5/c1-36-19-20-37-26-8-3-23(4-9-26)29-14-18-38-31-21-25(35)7-12-30(31)32(29)24-5-10-27(11-6-24)39-28-13-17-34(22-28)16-2-15-33/h3-12,21,28,35H,2,13-20,22H2,1H3/t28-/m0/s1. The van der Waals surface area contributed by atoms with Crippen molar-refractivity contribution in [2.75, 3.05) is 53.2 Å². The van der Waals surface area contributed by atoms with Crippen molar-refractivity contribution in [3.8, 4) is 23.0 Å². The average molecular weight is 534 g/mol. The topological polar surface area (TPSA) is 60.4 Å². The van der Waals surface area contributed by atoms with Gasteiger partial charge in [0.25, 0.3) is 0 Å². The van der Waals surface area contributed by atoms with Crippen LogP contribution >= 0.6 is 0 Å². The third-order valence-corrected chi connectivity index (χ3v) is 7.19. The number of hydrogen-bond donors (Lipinski definition) is 1. The first-order valence-corrected chi connectivity index (χ1v) is 13.6. The molecule has 0 amide bonds. The fraction of sp³-hybridized carbons (Fsp3) is 0.375. The minimum Gasteiger partial charge on any atom is -0.508 e. The molecule has 0 saturated carbocycles. The van der Waals surface area contributed by atoms with E-state index < -0.39 is 0 Å². The molecule has 1 atom stereocenters. The van der Waals surface area contributed by atoms with Gasteiger partial charge < -0.3 is 24.1 Å². The van der Waals surface area contributed by atoms with Gasteiger partial charge in [-0.2, -0.15) is 0 Å². The van der Waals surface area contributed by atoms with Gasteiger partial charge in [0.2, 0.25) is 0 Å². The van der Waals surface area contributed by atoms with Gasteiger partial charge in [0.1, 0.15) is 35.7 Å². The van der Waals surface area contributed by atoms with Gasteiger partial charge in [-0.3, -0.25) is 9.29 Å². The largest absolute Gasteiger partial charge is 0.508 e. The highest BCUT2D eigenvalue weighted by Gasteiger charge is 2.24. The minimum atomic E-state index is -0.276. The van der Waals surface area contributed by atoms with Gasteiger partial charge in [-0.1, -0.05) is 24.3 Å². The summed E-state index contributed by atoms with van der Waals surface area (Å²) in [5, 5.41) is 10.1. The summed E-state index contributed by atoms with van der Waals surface area (Å²) in [6, 6.07) is 21.6. The van der Waals surface area contributed by atoms with E-state index in [-0.39, 0.29) is 18.5 Å². The highest BCUT2D eigenvalue weighted by Crippen LogP contribution is 2.42. The molecule has 3 aromatic carbocycles. The summed E-state index contributed by atoms with van der Waals surface area (Å²) in [6.07, 6.45) is 2.35. The Labute approximate surface area is 229 Å². The third kappa shape index (κ3) is 6.72. The molecule has 39 heavy (non-hydrogen) atoms. The van der Waals surface area contributed by atoms with Crippen molar-refractivity contribution in [1.29, 1.82) is 0 Å². The lowest BCUT2D eigenvalue weighted by atomic mass is 9.88. The van der Waals surface area contributed by atoms with Crippen LogP contribution in [0.25, 0.3) is 11.1 Å². The van der Waals surface area contributed by atoms with Gasteiger partial charge in [-0.25, -0.2) is 0 Å². The molecule has 0 radical (unpaired) electrons. The number of hydrogen-bond acceptors (Lipinski definition) is 6. The van der Waals surface area contributed by atoms with Gasteiger partial charge in [0.05, 0.1) is 19.9 Å². The van der Waals surface area contributed by atoms with E-state index >= 15 is 0 Å². The predicted octanol–water partition coefficient (Wildman–Crippen LogP) is 5.97. The van der Waals surface area contributed by atoms with Crippen LogP contribution in [0.2, 0.25) is 0 Å². The average Bonchev–Trinajstić information content (AvgIpc) is 3.31. The summed E-state index contributed by atoms with van der Waals surface area (Å²) in [4.78, 5) is 2.27. The van der Waals surface area contributed by atoms with Gasteiger partial charge in [-0.05, 0) is 71.5 Å². The Kier molecular flexibility index (Phi) is 9.01. The number of nitrogens with zero attached hydrogens (tertiary/aromatic N) is 1. The Morgan fingerprint density at radius 3 is 2.51 bits per heavy atom. The zero-order valence-electron chi connectivity index (χ0n) is 22.4. The van der Waals surface area contributed by atoms with Crippen molar-refractivity contribution >= 4 is 11.1 Å². The summed E-state index contributed by atoms with van der Waals surface area (Å²) in [6.45, 7) is 3.82. The number of likely N-dealkylation sites (tertiary alicyclic amines) is 1. The summed E-state index contributed by atoms with van der Waals surface area (Å²) in [5.41, 5.74) is 5.31. The number of fused-ring (bicyclic) bond motifs is 1. The van der Waals surface area contributed by atoms with Gasteiger partial charge in [0, 0.05) is 44.8 Å². The molecule has 3 aromatic rings. The zero-order valence-corrected chi connectivity index (χ0v) is 22.4. The zero-order chi connectivity index (χ0) is 27.0. The number of methoxy groups -OCH3 is 1. The van der Waals surface area contributed by atoms with Crippen molar-refractivity contribution in [3.05, 3.63) is 83.4 Å². The first kappa shape index (κ1) is 27.0. The lowest BCUT2D eigenvalue weighted by Crippen LogP contribution is -2.26. The highest BCUT2D eigenvalue weighted by atomic mass is 19.1. The Balaban J connectivity index is 1.43. The van der Waals surface area contributed by atoms with E-state index in [0.717, 1.165) is 65.4 Å². The van der Waals surface area contributed by atoms with Crippen LogP contribution in [-0.2, 0) is 4.74 Å². The van der Waals surface area contributed by atoms with E-state index in [2.05, 4.69) is 29.2 Å². The second-order valence-corrected chi connectivity index (χ2v) is 9.89. The SMILES string of the molecule is COCCOc1ccc(C2=C(c3ccc(O[C@H]4CCN(CCCF)C4)cc3)c3ccc(O)cc3OCC2)cc1. The summed E-state index contributed by atoms with van der Waals surface area (Å²) >= 11 is 0. The lowest BCUT2D eigenvalue weighted by Gasteiger charge is -2.18. The maximum atomic E-state index is 12.5. The van der Waals surface area contributed by atoms with Crippen molar-refractivity contribution in [2.45, 2.75) is 25.4 Å². The van der Waals surface area contributed by atoms with E-state index in [4.69, 9.17) is 18.9 Å². The van der Waals surface area contributed by atoms with E-state index in [1.165, 1.54) is 0 Å². The molecule has 6 nitrogen and oxygen atoms in total. The number of alkyl halides is 1. The maximum absolute atomic E-state index is 12.5. The second kappa shape index (κ2) is 13.0. The molecule has 0 aliphatic carbocycles. The van der Waals surface area contributed by atoms with Crippen molar-refractivity contribution in [3.63, 3.8) is 0 Å². The van der Waals surface area contributed by atoms with E-state index in [0.29, 0.717) is 38.4 Å². The summed E-state index contributed by atoms with van der Waals surface area (Å²) in [7, 11) is 1.66. The van der Waals surface area contributed by atoms with Crippen LogP contribution in [0.3, 0.4) is 0 Å². The Morgan fingerprint density at radius 1 is 0.974 bits per heavy atom. The first-order chi connectivity index (χ1) is 19.1. The normalized spacial score (nSPS) is 17.4. The van der Waals surface area contributed by atoms with Crippen LogP contribution in [0.15, 0.2) is 66.7 Å². The first-order valence-electron chi connectivity index (χ1n) is 13.6. The molecule has 7 heteroatoms. The number of ether oxygens (including phenoxy) is 4. The van der Waals surface area contributed by atoms with Gasteiger partial charge in [0.15, 0.2) is 0 Å². The van der Waals surface area contributed by atoms with Crippen molar-refractivity contribution in [2.24, 2.45) is 0 Å². The number of benzene rings is 3. The molecule has 2 aliphatic rings. The van der Waals surface area contributed by atoms with Crippen molar-refractivity contribution in [1.82, 2.24) is 4.90 Å². The van der Waals surface area contributed by atoms with E-state index in [9.17, 15) is 9.50 Å². The fourth-order valence-electron chi connectivity index (χ4n) is 5.27. The minimum absolute atomic E-state index is 0.116. The molecule has 0 bridgehead atoms. The van der Waals surface area contributed by atoms with E-state index in [1.54, 1.807) is 19.2 Å². The Morgan fingerprint density at radius 2 is 1.74 bits per heavy atom. The highest BCUT2D eigenvalue weighted by molar-refractivity contribution is 6.00. The molecule has 1 saturated heterocycles. The van der Waals surface area contributed by atoms with Crippen molar-refractivity contribution < 1.29 is 28.4 Å². The van der Waals surface area contributed by atoms with E-state index in [1.807, 2.05) is 30.3 Å². The molecule has 2 aliphatic heterocycles. The number of phenolic OH excluding ortho intramolecular Hbond substituents is 1. The number of phenols is 1. The number of rotatable bonds is 11. The maximum Gasteiger partial charge on any atom is 0.130 e. The molecule has 2 heterocycles. The molecule has 1 N–H and O–H groups in total. The van der Waals surface area contributed by atoms with Crippen LogP contribution in [0.4, 0.5) is 4.39 Å². The van der Waals surface area contributed by atoms with Gasteiger partial charge >= 0.3 is 0 Å². The lowest BCUT2D eigenvalue weighted by molar-refractivity contribution is 0.146. The molecule has 206 valence electrons. The monoisotopic (exact) mass is 533 g/mol. The molecule has 0 aromatic heterocycles. The number of halogens is 1.